The van der Waals surface area contributed by atoms with Crippen LogP contribution in [0.5, 0.6) is 0 Å². The van der Waals surface area contributed by atoms with E-state index in [9.17, 15) is 8.42 Å². The molecule has 5 rings (SSSR count). The zero-order chi connectivity index (χ0) is 19.8. The van der Waals surface area contributed by atoms with Crippen LogP contribution in [0.2, 0.25) is 0 Å². The molecule has 0 saturated carbocycles. The molecule has 1 fully saturated rings. The Bertz CT molecular complexity index is 1250. The van der Waals surface area contributed by atoms with Crippen molar-refractivity contribution in [3.63, 3.8) is 0 Å². The number of nitrogens with zero attached hydrogens (tertiary/aromatic N) is 3. The van der Waals surface area contributed by atoms with Gasteiger partial charge in [0.1, 0.15) is 0 Å². The van der Waals surface area contributed by atoms with Crippen molar-refractivity contribution >= 4 is 32.1 Å². The Morgan fingerprint density at radius 1 is 1.07 bits per heavy atom. The van der Waals surface area contributed by atoms with Gasteiger partial charge in [-0.2, -0.15) is 9.29 Å². The first-order valence-electron chi connectivity index (χ1n) is 9.48. The zero-order valence-electron chi connectivity index (χ0n) is 15.6. The Balaban J connectivity index is 1.40. The van der Waals surface area contributed by atoms with Gasteiger partial charge >= 0.3 is 0 Å². The molecule has 2 aromatic heterocycles. The summed E-state index contributed by atoms with van der Waals surface area (Å²) in [6.45, 7) is 0.846. The van der Waals surface area contributed by atoms with E-state index < -0.39 is 10.0 Å². The quantitative estimate of drug-likeness (QED) is 0.480. The number of hydrogen-bond donors (Lipinski definition) is 0. The molecule has 0 aliphatic carbocycles. The second-order valence-corrected chi connectivity index (χ2v) is 10.0. The van der Waals surface area contributed by atoms with Gasteiger partial charge < -0.3 is 4.52 Å². The highest BCUT2D eigenvalue weighted by Gasteiger charge is 2.33. The van der Waals surface area contributed by atoms with Crippen LogP contribution in [0.1, 0.15) is 24.7 Å². The Labute approximate surface area is 172 Å². The fourth-order valence-electron chi connectivity index (χ4n) is 3.75. The maximum absolute atomic E-state index is 13.3. The summed E-state index contributed by atoms with van der Waals surface area (Å²) in [7, 11) is -3.59. The van der Waals surface area contributed by atoms with E-state index in [2.05, 4.69) is 10.1 Å². The fraction of sp³-hybridized carbons (Fsp3) is 0.238. The number of benzene rings is 2. The zero-order valence-corrected chi connectivity index (χ0v) is 17.2. The topological polar surface area (TPSA) is 76.3 Å². The van der Waals surface area contributed by atoms with Crippen LogP contribution in [0.4, 0.5) is 0 Å². The first-order valence-corrected chi connectivity index (χ1v) is 11.8. The van der Waals surface area contributed by atoms with E-state index in [-0.39, 0.29) is 5.92 Å². The van der Waals surface area contributed by atoms with Crippen molar-refractivity contribution in [2.45, 2.75) is 23.7 Å². The smallest absolute Gasteiger partial charge is 0.243 e. The van der Waals surface area contributed by atoms with Crippen molar-refractivity contribution in [1.29, 1.82) is 0 Å². The predicted octanol–water partition coefficient (Wildman–Crippen LogP) is 4.52. The van der Waals surface area contributed by atoms with Gasteiger partial charge in [0.25, 0.3) is 0 Å². The average molecular weight is 426 g/mol. The molecule has 0 N–H and O–H groups in total. The SMILES string of the molecule is O=S(=O)(c1ccc2ccccc2c1)N1CCC[C@@H](c2nc(-c3cccs3)no2)C1. The summed E-state index contributed by atoms with van der Waals surface area (Å²) in [4.78, 5) is 5.78. The molecule has 1 aliphatic heterocycles. The molecule has 0 amide bonds. The first kappa shape index (κ1) is 18.5. The lowest BCUT2D eigenvalue weighted by molar-refractivity contribution is 0.265. The molecule has 1 atom stereocenters. The van der Waals surface area contributed by atoms with Gasteiger partial charge in [-0.15, -0.1) is 11.3 Å². The summed E-state index contributed by atoms with van der Waals surface area (Å²) in [5, 5.41) is 7.97. The third-order valence-electron chi connectivity index (χ3n) is 5.28. The number of thiophene rings is 1. The monoisotopic (exact) mass is 425 g/mol. The van der Waals surface area contributed by atoms with Crippen molar-refractivity contribution in [1.82, 2.24) is 14.4 Å². The van der Waals surface area contributed by atoms with E-state index >= 15 is 0 Å². The normalized spacial score (nSPS) is 18.3. The Kier molecular flexibility index (Phi) is 4.69. The molecule has 6 nitrogen and oxygen atoms in total. The van der Waals surface area contributed by atoms with Crippen LogP contribution >= 0.6 is 11.3 Å². The number of piperidine rings is 1. The maximum atomic E-state index is 13.3. The summed E-state index contributed by atoms with van der Waals surface area (Å²) in [6.07, 6.45) is 1.59. The number of sulfonamides is 1. The number of rotatable bonds is 4. The van der Waals surface area contributed by atoms with Crippen LogP contribution in [-0.2, 0) is 10.0 Å². The second-order valence-electron chi connectivity index (χ2n) is 7.14. The van der Waals surface area contributed by atoms with Gasteiger partial charge in [-0.05, 0) is 47.2 Å². The third-order valence-corrected chi connectivity index (χ3v) is 8.00. The van der Waals surface area contributed by atoms with Crippen LogP contribution in [0.25, 0.3) is 21.5 Å². The van der Waals surface area contributed by atoms with Crippen molar-refractivity contribution in [3.05, 3.63) is 65.9 Å². The van der Waals surface area contributed by atoms with E-state index in [1.54, 1.807) is 27.8 Å². The molecule has 0 spiro atoms. The first-order chi connectivity index (χ1) is 14.1. The van der Waals surface area contributed by atoms with E-state index in [0.717, 1.165) is 28.5 Å². The summed E-state index contributed by atoms with van der Waals surface area (Å²) in [6, 6.07) is 16.9. The van der Waals surface area contributed by atoms with Gasteiger partial charge in [0, 0.05) is 13.1 Å². The minimum absolute atomic E-state index is 0.0970. The van der Waals surface area contributed by atoms with Gasteiger partial charge in [0.2, 0.25) is 21.7 Å². The van der Waals surface area contributed by atoms with Gasteiger partial charge in [-0.25, -0.2) is 8.42 Å². The molecule has 29 heavy (non-hydrogen) atoms. The highest BCUT2D eigenvalue weighted by molar-refractivity contribution is 7.89. The fourth-order valence-corrected chi connectivity index (χ4v) is 5.96. The van der Waals surface area contributed by atoms with Gasteiger partial charge in [-0.3, -0.25) is 0 Å². The van der Waals surface area contributed by atoms with E-state index in [1.807, 2.05) is 47.8 Å². The highest BCUT2D eigenvalue weighted by Crippen LogP contribution is 2.32. The third kappa shape index (κ3) is 3.48. The van der Waals surface area contributed by atoms with Gasteiger partial charge in [0.15, 0.2) is 0 Å². The molecule has 0 bridgehead atoms. The van der Waals surface area contributed by atoms with Crippen LogP contribution in [0.15, 0.2) is 69.4 Å². The van der Waals surface area contributed by atoms with Gasteiger partial charge in [-0.1, -0.05) is 41.6 Å². The highest BCUT2D eigenvalue weighted by atomic mass is 32.2. The second kappa shape index (κ2) is 7.37. The molecule has 0 unspecified atom stereocenters. The Hall–Kier alpha value is -2.55. The lowest BCUT2D eigenvalue weighted by Gasteiger charge is -2.30. The van der Waals surface area contributed by atoms with Crippen molar-refractivity contribution in [2.75, 3.05) is 13.1 Å². The molecule has 2 aromatic carbocycles. The van der Waals surface area contributed by atoms with Crippen molar-refractivity contribution in [3.8, 4) is 10.7 Å². The predicted molar refractivity (Wildman–Crippen MR) is 112 cm³/mol. The number of hydrogen-bond acceptors (Lipinski definition) is 6. The van der Waals surface area contributed by atoms with Crippen molar-refractivity contribution < 1.29 is 12.9 Å². The molecule has 1 saturated heterocycles. The Morgan fingerprint density at radius 3 is 2.76 bits per heavy atom. The summed E-state index contributed by atoms with van der Waals surface area (Å²) < 4.78 is 33.5. The minimum Gasteiger partial charge on any atom is -0.339 e. The minimum atomic E-state index is -3.59. The van der Waals surface area contributed by atoms with Crippen molar-refractivity contribution in [2.24, 2.45) is 0 Å². The molecular formula is C21H19N3O3S2. The van der Waals surface area contributed by atoms with E-state index in [4.69, 9.17) is 4.52 Å². The van der Waals surface area contributed by atoms with Crippen LogP contribution in [-0.4, -0.2) is 36.0 Å². The molecule has 1 aliphatic rings. The molecular weight excluding hydrogens is 406 g/mol. The molecule has 3 heterocycles. The maximum Gasteiger partial charge on any atom is 0.243 e. The molecule has 8 heteroatoms. The van der Waals surface area contributed by atoms with E-state index in [0.29, 0.717) is 29.7 Å². The summed E-state index contributed by atoms with van der Waals surface area (Å²) >= 11 is 1.55. The molecule has 148 valence electrons. The average Bonchev–Trinajstić information content (AvgIpc) is 3.45. The van der Waals surface area contributed by atoms with Gasteiger partial charge in [0.05, 0.1) is 15.7 Å². The standard InChI is InChI=1S/C21H19N3O3S2/c25-29(26,18-10-9-15-5-1-2-6-16(15)13-18)24-11-3-7-17(14-24)21-22-20(23-27-21)19-8-4-12-28-19/h1-2,4-6,8-10,12-13,17H,3,7,11,14H2/t17-/m1/s1. The summed E-state index contributed by atoms with van der Waals surface area (Å²) in [5.74, 6) is 0.969. The largest absolute Gasteiger partial charge is 0.339 e. The van der Waals surface area contributed by atoms with E-state index in [1.165, 1.54) is 0 Å². The van der Waals surface area contributed by atoms with Crippen LogP contribution < -0.4 is 0 Å². The lowest BCUT2D eigenvalue weighted by Crippen LogP contribution is -2.39. The Morgan fingerprint density at radius 2 is 1.93 bits per heavy atom. The number of fused-ring (bicyclic) bond motifs is 1. The molecule has 4 aromatic rings. The summed E-state index contributed by atoms with van der Waals surface area (Å²) in [5.41, 5.74) is 0. The van der Waals surface area contributed by atoms with Crippen LogP contribution in [0.3, 0.4) is 0 Å². The molecule has 0 radical (unpaired) electrons. The van der Waals surface area contributed by atoms with Crippen LogP contribution in [0, 0.1) is 0 Å². The number of aromatic nitrogens is 2. The lowest BCUT2D eigenvalue weighted by atomic mass is 10.00.